The topological polar surface area (TPSA) is 64.1 Å². The molecule has 0 fully saturated rings. The highest BCUT2D eigenvalue weighted by atomic mass is 35.5. The van der Waals surface area contributed by atoms with E-state index in [9.17, 15) is 13.6 Å². The van der Waals surface area contributed by atoms with Crippen molar-refractivity contribution in [2.75, 3.05) is 11.9 Å². The van der Waals surface area contributed by atoms with E-state index in [1.54, 1.807) is 30.3 Å². The number of nitrogens with one attached hydrogen (secondary N) is 1. The first-order chi connectivity index (χ1) is 9.45. The highest BCUT2D eigenvalue weighted by Gasteiger charge is 2.33. The van der Waals surface area contributed by atoms with Gasteiger partial charge >= 0.3 is 5.38 Å². The van der Waals surface area contributed by atoms with Gasteiger partial charge in [-0.25, -0.2) is 0 Å². The fourth-order valence-electron chi connectivity index (χ4n) is 1.23. The number of hydrogen-bond acceptors (Lipinski definition) is 5. The number of rotatable bonds is 5. The third kappa shape index (κ3) is 4.10. The smallest absolute Gasteiger partial charge is 0.376 e. The molecule has 0 saturated heterocycles. The summed E-state index contributed by atoms with van der Waals surface area (Å²) in [4.78, 5) is 11.5. The van der Waals surface area contributed by atoms with Gasteiger partial charge in [0, 0.05) is 5.69 Å². The quantitative estimate of drug-likeness (QED) is 0.861. The second-order valence-electron chi connectivity index (χ2n) is 3.57. The number of anilines is 1. The molecule has 1 aromatic heterocycles. The lowest BCUT2D eigenvalue weighted by Gasteiger charge is -2.04. The van der Waals surface area contributed by atoms with Gasteiger partial charge in [-0.3, -0.25) is 4.79 Å². The van der Waals surface area contributed by atoms with Gasteiger partial charge in [-0.15, -0.1) is 5.10 Å². The summed E-state index contributed by atoms with van der Waals surface area (Å²) >= 11 is 5.26. The molecule has 0 saturated carbocycles. The number of carbonyl (C=O) groups is 1. The van der Waals surface area contributed by atoms with Gasteiger partial charge < -0.3 is 10.1 Å². The van der Waals surface area contributed by atoms with E-state index in [1.807, 2.05) is 0 Å². The lowest BCUT2D eigenvalue weighted by molar-refractivity contribution is -0.118. The molecule has 0 unspecified atom stereocenters. The van der Waals surface area contributed by atoms with E-state index in [0.717, 1.165) is 0 Å². The molecule has 1 heterocycles. The predicted molar refractivity (Wildman–Crippen MR) is 70.2 cm³/mol. The first-order valence-corrected chi connectivity index (χ1v) is 6.53. The van der Waals surface area contributed by atoms with Crippen LogP contribution in [0, 0.1) is 0 Å². The number of amides is 1. The van der Waals surface area contributed by atoms with Crippen LogP contribution in [-0.4, -0.2) is 22.7 Å². The standard InChI is InChI=1S/C11H8ClF2N3O2S/c12-11(13,14)9-16-17-10(20-9)19-6-8(18)15-7-4-2-1-3-5-7/h1-5H,6H2,(H,15,18). The second-order valence-corrected chi connectivity index (χ2v) is 4.99. The molecular weight excluding hydrogens is 312 g/mol. The summed E-state index contributed by atoms with van der Waals surface area (Å²) in [6.45, 7) is -0.364. The van der Waals surface area contributed by atoms with Crippen molar-refractivity contribution in [3.05, 3.63) is 35.3 Å². The zero-order valence-corrected chi connectivity index (χ0v) is 11.4. The molecule has 106 valence electrons. The molecule has 1 amide bonds. The molecule has 1 N–H and O–H groups in total. The van der Waals surface area contributed by atoms with Crippen LogP contribution in [0.5, 0.6) is 5.19 Å². The first-order valence-electron chi connectivity index (χ1n) is 5.33. The maximum atomic E-state index is 12.7. The zero-order valence-electron chi connectivity index (χ0n) is 9.85. The van der Waals surface area contributed by atoms with Crippen molar-refractivity contribution < 1.29 is 18.3 Å². The Morgan fingerprint density at radius 3 is 2.65 bits per heavy atom. The van der Waals surface area contributed by atoms with Gasteiger partial charge in [0.05, 0.1) is 0 Å². The van der Waals surface area contributed by atoms with Crippen molar-refractivity contribution in [1.82, 2.24) is 10.2 Å². The molecule has 0 bridgehead atoms. The summed E-state index contributed by atoms with van der Waals surface area (Å²) in [5.41, 5.74) is 0.603. The largest absolute Gasteiger partial charge is 0.459 e. The van der Waals surface area contributed by atoms with Crippen LogP contribution in [0.15, 0.2) is 30.3 Å². The third-order valence-corrected chi connectivity index (χ3v) is 3.23. The fourth-order valence-corrected chi connectivity index (χ4v) is 1.94. The van der Waals surface area contributed by atoms with E-state index >= 15 is 0 Å². The van der Waals surface area contributed by atoms with Crippen LogP contribution in [0.4, 0.5) is 14.5 Å². The Kier molecular flexibility index (Phi) is 4.46. The van der Waals surface area contributed by atoms with Crippen LogP contribution in [0.2, 0.25) is 0 Å². The third-order valence-electron chi connectivity index (χ3n) is 2.03. The summed E-state index contributed by atoms with van der Waals surface area (Å²) < 4.78 is 30.3. The number of benzene rings is 1. The average Bonchev–Trinajstić information content (AvgIpc) is 2.86. The Labute approximate surface area is 121 Å². The molecule has 5 nitrogen and oxygen atoms in total. The Balaban J connectivity index is 1.86. The highest BCUT2D eigenvalue weighted by molar-refractivity contribution is 7.13. The fraction of sp³-hybridized carbons (Fsp3) is 0.182. The Morgan fingerprint density at radius 2 is 2.05 bits per heavy atom. The highest BCUT2D eigenvalue weighted by Crippen LogP contribution is 2.36. The van der Waals surface area contributed by atoms with Crippen LogP contribution < -0.4 is 10.1 Å². The predicted octanol–water partition coefficient (Wildman–Crippen LogP) is 2.84. The van der Waals surface area contributed by atoms with Gasteiger partial charge in [0.2, 0.25) is 5.01 Å². The van der Waals surface area contributed by atoms with Gasteiger partial charge in [-0.1, -0.05) is 34.6 Å². The number of hydrogen-bond donors (Lipinski definition) is 1. The number of halogens is 3. The summed E-state index contributed by atoms with van der Waals surface area (Å²) in [5.74, 6) is -0.439. The molecule has 0 aliphatic heterocycles. The molecular formula is C11H8ClF2N3O2S. The molecule has 0 aliphatic carbocycles. The van der Waals surface area contributed by atoms with E-state index in [4.69, 9.17) is 16.3 Å². The number of ether oxygens (including phenoxy) is 1. The second kappa shape index (κ2) is 6.10. The molecule has 0 aliphatic rings. The Hall–Kier alpha value is -1.80. The SMILES string of the molecule is O=C(COc1nnc(C(F)(F)Cl)s1)Nc1ccccc1. The number of nitrogens with zero attached hydrogens (tertiary/aromatic N) is 2. The number of alkyl halides is 3. The first kappa shape index (κ1) is 14.6. The monoisotopic (exact) mass is 319 g/mol. The van der Waals surface area contributed by atoms with E-state index in [1.165, 1.54) is 0 Å². The van der Waals surface area contributed by atoms with Crippen molar-refractivity contribution in [2.45, 2.75) is 5.38 Å². The van der Waals surface area contributed by atoms with E-state index in [-0.39, 0.29) is 11.8 Å². The average molecular weight is 320 g/mol. The van der Waals surface area contributed by atoms with Gasteiger partial charge in [0.15, 0.2) is 6.61 Å². The van der Waals surface area contributed by atoms with Crippen molar-refractivity contribution in [1.29, 1.82) is 0 Å². The van der Waals surface area contributed by atoms with Gasteiger partial charge in [0.25, 0.3) is 11.1 Å². The van der Waals surface area contributed by atoms with Crippen LogP contribution in [-0.2, 0) is 10.2 Å². The maximum Gasteiger partial charge on any atom is 0.376 e. The number of para-hydroxylation sites is 1. The number of aromatic nitrogens is 2. The molecule has 0 spiro atoms. The maximum absolute atomic E-state index is 12.7. The van der Waals surface area contributed by atoms with Crippen LogP contribution in [0.1, 0.15) is 5.01 Å². The molecule has 2 rings (SSSR count). The van der Waals surface area contributed by atoms with E-state index < -0.39 is 16.3 Å². The van der Waals surface area contributed by atoms with Crippen LogP contribution >= 0.6 is 22.9 Å². The molecule has 0 radical (unpaired) electrons. The minimum absolute atomic E-state index is 0.150. The molecule has 0 atom stereocenters. The van der Waals surface area contributed by atoms with Gasteiger partial charge in [-0.05, 0) is 23.7 Å². The number of carbonyl (C=O) groups excluding carboxylic acids is 1. The Bertz CT molecular complexity index is 589. The van der Waals surface area contributed by atoms with E-state index in [0.29, 0.717) is 17.0 Å². The molecule has 1 aromatic carbocycles. The lowest BCUT2D eigenvalue weighted by atomic mass is 10.3. The van der Waals surface area contributed by atoms with Gasteiger partial charge in [-0.2, -0.15) is 8.78 Å². The molecule has 2 aromatic rings. The van der Waals surface area contributed by atoms with Crippen molar-refractivity contribution >= 4 is 34.5 Å². The van der Waals surface area contributed by atoms with Gasteiger partial charge in [0.1, 0.15) is 0 Å². The summed E-state index contributed by atoms with van der Waals surface area (Å²) in [7, 11) is 0. The minimum atomic E-state index is -3.59. The van der Waals surface area contributed by atoms with Crippen molar-refractivity contribution in [3.63, 3.8) is 0 Å². The Morgan fingerprint density at radius 1 is 1.35 bits per heavy atom. The summed E-state index contributed by atoms with van der Waals surface area (Å²) in [6.07, 6.45) is 0. The van der Waals surface area contributed by atoms with Crippen molar-refractivity contribution in [2.24, 2.45) is 0 Å². The zero-order chi connectivity index (χ0) is 14.6. The van der Waals surface area contributed by atoms with Crippen molar-refractivity contribution in [3.8, 4) is 5.19 Å². The van der Waals surface area contributed by atoms with E-state index in [2.05, 4.69) is 15.5 Å². The minimum Gasteiger partial charge on any atom is -0.459 e. The summed E-state index contributed by atoms with van der Waals surface area (Å²) in [6, 6.07) is 8.73. The molecule has 9 heteroatoms. The van der Waals surface area contributed by atoms with Crippen LogP contribution in [0.3, 0.4) is 0 Å². The molecule has 20 heavy (non-hydrogen) atoms. The normalized spacial score (nSPS) is 11.2. The van der Waals surface area contributed by atoms with Crippen LogP contribution in [0.25, 0.3) is 0 Å². The summed E-state index contributed by atoms with van der Waals surface area (Å²) in [5, 5.41) is 4.69. The lowest BCUT2D eigenvalue weighted by Crippen LogP contribution is -2.19.